The van der Waals surface area contributed by atoms with Gasteiger partial charge in [-0.3, -0.25) is 4.79 Å². The van der Waals surface area contributed by atoms with Crippen LogP contribution in [0.4, 0.5) is 0 Å². The van der Waals surface area contributed by atoms with Crippen LogP contribution in [-0.4, -0.2) is 170 Å². The van der Waals surface area contributed by atoms with Gasteiger partial charge >= 0.3 is 5.97 Å². The summed E-state index contributed by atoms with van der Waals surface area (Å²) in [7, 11) is 0. The van der Waals surface area contributed by atoms with Crippen molar-refractivity contribution < 1.29 is 66.7 Å². The highest BCUT2D eigenvalue weighted by Crippen LogP contribution is 2.10. The minimum atomic E-state index is -0.872. The van der Waals surface area contributed by atoms with Crippen molar-refractivity contribution in [2.24, 2.45) is 0 Å². The molecule has 0 atom stereocenters. The van der Waals surface area contributed by atoms with Crippen molar-refractivity contribution in [2.75, 3.05) is 159 Å². The molecule has 0 amide bonds. The highest BCUT2D eigenvalue weighted by Gasteiger charge is 1.99. The van der Waals surface area contributed by atoms with Crippen molar-refractivity contribution in [1.29, 1.82) is 0 Å². The summed E-state index contributed by atoms with van der Waals surface area (Å²) in [5.41, 5.74) is 0. The fourth-order valence-electron chi connectivity index (χ4n) is 4.37. The molecule has 0 aromatic carbocycles. The number of rotatable bonds is 47. The average molecular weight is 743 g/mol. The Bertz CT molecular complexity index is 646. The second-order valence-corrected chi connectivity index (χ2v) is 11.7. The van der Waals surface area contributed by atoms with E-state index in [1.54, 1.807) is 0 Å². The molecule has 14 nitrogen and oxygen atoms in total. The van der Waals surface area contributed by atoms with Crippen LogP contribution in [0.1, 0.15) is 77.6 Å². The van der Waals surface area contributed by atoms with Crippen molar-refractivity contribution >= 4 is 5.97 Å². The van der Waals surface area contributed by atoms with Crippen molar-refractivity contribution in [3.63, 3.8) is 0 Å². The lowest BCUT2D eigenvalue weighted by Gasteiger charge is -2.09. The molecular weight excluding hydrogens is 668 g/mol. The van der Waals surface area contributed by atoms with Gasteiger partial charge in [-0.2, -0.15) is 0 Å². The SMILES string of the molecule is CCCCCCCCCCCCOCCOCCOCCOCCOCCOCCOCCOCCOCCOCCOCCOCCC(=O)O. The predicted octanol–water partition coefficient (Wildman–Crippen LogP) is 4.58. The molecule has 0 radical (unpaired) electrons. The average Bonchev–Trinajstić information content (AvgIpc) is 3.13. The molecule has 51 heavy (non-hydrogen) atoms. The standard InChI is InChI=1S/C37H74O14/c1-2-3-4-5-6-7-8-9-10-11-13-40-15-17-42-19-21-44-23-25-46-27-29-48-31-33-50-35-36-51-34-32-49-30-28-47-26-24-45-22-20-43-18-16-41-14-12-37(38)39/h2-36H2,1H3,(H,38,39). The van der Waals surface area contributed by atoms with E-state index in [9.17, 15) is 4.79 Å². The largest absolute Gasteiger partial charge is 0.481 e. The van der Waals surface area contributed by atoms with Crippen molar-refractivity contribution in [2.45, 2.75) is 77.6 Å². The van der Waals surface area contributed by atoms with E-state index in [0.717, 1.165) is 13.0 Å². The molecule has 0 aromatic rings. The molecule has 0 rings (SSSR count). The molecule has 0 heterocycles. The van der Waals surface area contributed by atoms with Crippen LogP contribution in [-0.2, 0) is 61.6 Å². The fourth-order valence-corrected chi connectivity index (χ4v) is 4.37. The highest BCUT2D eigenvalue weighted by atomic mass is 16.6. The summed E-state index contributed by atoms with van der Waals surface area (Å²) in [6.45, 7) is 14.4. The maximum atomic E-state index is 10.3. The summed E-state index contributed by atoms with van der Waals surface area (Å²) in [6, 6.07) is 0. The van der Waals surface area contributed by atoms with Gasteiger partial charge in [-0.15, -0.1) is 0 Å². The molecule has 14 heteroatoms. The fraction of sp³-hybridized carbons (Fsp3) is 0.973. The van der Waals surface area contributed by atoms with Gasteiger partial charge in [0.1, 0.15) is 0 Å². The summed E-state index contributed by atoms with van der Waals surface area (Å²) in [6.07, 6.45) is 13.4. The minimum absolute atomic E-state index is 0.000767. The van der Waals surface area contributed by atoms with Crippen LogP contribution in [0.25, 0.3) is 0 Å². The monoisotopic (exact) mass is 743 g/mol. The van der Waals surface area contributed by atoms with Crippen molar-refractivity contribution in [1.82, 2.24) is 0 Å². The first kappa shape index (κ1) is 50.0. The third-order valence-corrected chi connectivity index (χ3v) is 7.19. The Hall–Kier alpha value is -1.01. The normalized spacial score (nSPS) is 11.5. The van der Waals surface area contributed by atoms with Crippen LogP contribution < -0.4 is 0 Å². The zero-order chi connectivity index (χ0) is 36.8. The molecule has 0 aromatic heterocycles. The summed E-state index contributed by atoms with van der Waals surface area (Å²) in [4.78, 5) is 10.3. The maximum absolute atomic E-state index is 10.3. The van der Waals surface area contributed by atoms with Gasteiger partial charge in [-0.25, -0.2) is 0 Å². The number of aliphatic carboxylic acids is 1. The zero-order valence-electron chi connectivity index (χ0n) is 32.0. The Balaban J connectivity index is 3.05. The van der Waals surface area contributed by atoms with E-state index in [2.05, 4.69) is 6.92 Å². The molecule has 0 aliphatic carbocycles. The highest BCUT2D eigenvalue weighted by molar-refractivity contribution is 5.66. The molecule has 0 bridgehead atoms. The van der Waals surface area contributed by atoms with Crippen LogP contribution in [0.15, 0.2) is 0 Å². The van der Waals surface area contributed by atoms with E-state index < -0.39 is 5.97 Å². The molecule has 1 N–H and O–H groups in total. The molecule has 0 spiro atoms. The third kappa shape index (κ3) is 49.0. The third-order valence-electron chi connectivity index (χ3n) is 7.19. The lowest BCUT2D eigenvalue weighted by atomic mass is 10.1. The molecule has 0 saturated carbocycles. The van der Waals surface area contributed by atoms with Gasteiger partial charge in [0.15, 0.2) is 0 Å². The topological polar surface area (TPSA) is 148 Å². The van der Waals surface area contributed by atoms with Crippen LogP contribution in [0.3, 0.4) is 0 Å². The van der Waals surface area contributed by atoms with Crippen LogP contribution in [0.5, 0.6) is 0 Å². The van der Waals surface area contributed by atoms with E-state index >= 15 is 0 Å². The van der Waals surface area contributed by atoms with Gasteiger partial charge in [-0.1, -0.05) is 64.7 Å². The Labute approximate surface area is 308 Å². The van der Waals surface area contributed by atoms with Crippen LogP contribution in [0.2, 0.25) is 0 Å². The van der Waals surface area contributed by atoms with E-state index in [1.807, 2.05) is 0 Å². The Kier molecular flexibility index (Phi) is 46.1. The molecule has 0 aliphatic heterocycles. The molecule has 0 aliphatic rings. The van der Waals surface area contributed by atoms with Gasteiger partial charge < -0.3 is 61.9 Å². The zero-order valence-corrected chi connectivity index (χ0v) is 32.0. The number of carboxylic acids is 1. The lowest BCUT2D eigenvalue weighted by Crippen LogP contribution is -2.15. The number of carboxylic acid groups (broad SMARTS) is 1. The van der Waals surface area contributed by atoms with Gasteiger partial charge in [0, 0.05) is 6.61 Å². The number of hydrogen-bond donors (Lipinski definition) is 1. The smallest absolute Gasteiger partial charge is 0.305 e. The summed E-state index contributed by atoms with van der Waals surface area (Å²) in [5.74, 6) is -0.872. The van der Waals surface area contributed by atoms with Gasteiger partial charge in [0.05, 0.1) is 158 Å². The van der Waals surface area contributed by atoms with Crippen molar-refractivity contribution in [3.8, 4) is 0 Å². The van der Waals surface area contributed by atoms with Crippen LogP contribution in [0, 0.1) is 0 Å². The quantitative estimate of drug-likeness (QED) is 0.0868. The minimum Gasteiger partial charge on any atom is -0.481 e. The van der Waals surface area contributed by atoms with E-state index in [0.29, 0.717) is 145 Å². The first-order chi connectivity index (χ1) is 25.3. The number of hydrogen-bond acceptors (Lipinski definition) is 13. The van der Waals surface area contributed by atoms with E-state index in [4.69, 9.17) is 61.9 Å². The maximum Gasteiger partial charge on any atom is 0.305 e. The van der Waals surface area contributed by atoms with Gasteiger partial charge in [0.2, 0.25) is 0 Å². The Morgan fingerprint density at radius 2 is 0.490 bits per heavy atom. The molecule has 306 valence electrons. The van der Waals surface area contributed by atoms with E-state index in [-0.39, 0.29) is 13.0 Å². The van der Waals surface area contributed by atoms with Gasteiger partial charge in [-0.05, 0) is 6.42 Å². The van der Waals surface area contributed by atoms with Gasteiger partial charge in [0.25, 0.3) is 0 Å². The second-order valence-electron chi connectivity index (χ2n) is 11.7. The van der Waals surface area contributed by atoms with Crippen molar-refractivity contribution in [3.05, 3.63) is 0 Å². The first-order valence-electron chi connectivity index (χ1n) is 19.4. The first-order valence-corrected chi connectivity index (χ1v) is 19.4. The lowest BCUT2D eigenvalue weighted by molar-refractivity contribution is -0.138. The molecule has 0 saturated heterocycles. The predicted molar refractivity (Wildman–Crippen MR) is 194 cm³/mol. The summed E-state index contributed by atoms with van der Waals surface area (Å²) >= 11 is 0. The Morgan fingerprint density at radius 1 is 0.294 bits per heavy atom. The van der Waals surface area contributed by atoms with E-state index in [1.165, 1.54) is 57.8 Å². The summed E-state index contributed by atoms with van der Waals surface area (Å²) < 4.78 is 65.4. The number of ether oxygens (including phenoxy) is 12. The molecule has 0 fully saturated rings. The number of carbonyl (C=O) groups is 1. The summed E-state index contributed by atoms with van der Waals surface area (Å²) in [5, 5.41) is 8.50. The Morgan fingerprint density at radius 3 is 0.725 bits per heavy atom. The second kappa shape index (κ2) is 47.0. The van der Waals surface area contributed by atoms with Crippen LogP contribution >= 0.6 is 0 Å². The molecule has 0 unspecified atom stereocenters. The molecular formula is C37H74O14. The number of unbranched alkanes of at least 4 members (excludes halogenated alkanes) is 9.